The second kappa shape index (κ2) is 6.00. The predicted octanol–water partition coefficient (Wildman–Crippen LogP) is 3.24. The molecule has 2 aromatic rings. The van der Waals surface area contributed by atoms with Gasteiger partial charge in [0.15, 0.2) is 5.13 Å². The highest BCUT2D eigenvalue weighted by Gasteiger charge is 2.08. The van der Waals surface area contributed by atoms with Gasteiger partial charge in [-0.25, -0.2) is 4.98 Å². The molecule has 0 spiro atoms. The second-order valence-electron chi connectivity index (χ2n) is 5.03. The van der Waals surface area contributed by atoms with Crippen LogP contribution >= 0.6 is 11.3 Å². The fourth-order valence-electron chi connectivity index (χ4n) is 1.79. The zero-order valence-corrected chi connectivity index (χ0v) is 12.5. The fraction of sp³-hybridized carbons (Fsp3) is 0.357. The normalized spacial score (nSPS) is 10.8. The first-order valence-electron chi connectivity index (χ1n) is 6.42. The minimum Gasteiger partial charge on any atom is -0.326 e. The summed E-state index contributed by atoms with van der Waals surface area (Å²) >= 11 is 1.41. The SMILES string of the molecule is CC(=O)Nc1nc2cc(NC(=O)CC(C)C)ccc2s1. The van der Waals surface area contributed by atoms with E-state index in [0.29, 0.717) is 17.5 Å². The van der Waals surface area contributed by atoms with Crippen LogP contribution in [0.4, 0.5) is 10.8 Å². The first-order valence-corrected chi connectivity index (χ1v) is 7.23. The molecule has 0 unspecified atom stereocenters. The number of carbonyl (C=O) groups is 2. The maximum absolute atomic E-state index is 11.7. The van der Waals surface area contributed by atoms with Crippen molar-refractivity contribution in [2.24, 2.45) is 5.92 Å². The molecule has 6 heteroatoms. The van der Waals surface area contributed by atoms with Gasteiger partial charge in [0, 0.05) is 19.0 Å². The Labute approximate surface area is 121 Å². The third-order valence-corrected chi connectivity index (χ3v) is 3.50. The topological polar surface area (TPSA) is 71.1 Å². The molecule has 0 aliphatic rings. The standard InChI is InChI=1S/C14H17N3O2S/c1-8(2)6-13(19)16-10-4-5-12-11(7-10)17-14(20-12)15-9(3)18/h4-5,7-8H,6H2,1-3H3,(H,16,19)(H,15,17,18). The number of carbonyl (C=O) groups excluding carboxylic acids is 2. The lowest BCUT2D eigenvalue weighted by molar-refractivity contribution is -0.117. The number of nitrogens with one attached hydrogen (secondary N) is 2. The van der Waals surface area contributed by atoms with Gasteiger partial charge in [0.1, 0.15) is 0 Å². The lowest BCUT2D eigenvalue weighted by Crippen LogP contribution is -2.13. The summed E-state index contributed by atoms with van der Waals surface area (Å²) in [5.74, 6) is 0.176. The lowest BCUT2D eigenvalue weighted by Gasteiger charge is -2.06. The Morgan fingerprint density at radius 2 is 2.05 bits per heavy atom. The van der Waals surface area contributed by atoms with Gasteiger partial charge in [0.2, 0.25) is 11.8 Å². The van der Waals surface area contributed by atoms with E-state index in [-0.39, 0.29) is 11.8 Å². The van der Waals surface area contributed by atoms with Crippen molar-refractivity contribution in [3.05, 3.63) is 18.2 Å². The predicted molar refractivity (Wildman–Crippen MR) is 82.0 cm³/mol. The largest absolute Gasteiger partial charge is 0.326 e. The average molecular weight is 291 g/mol. The van der Waals surface area contributed by atoms with E-state index < -0.39 is 0 Å². The molecule has 0 saturated carbocycles. The summed E-state index contributed by atoms with van der Waals surface area (Å²) in [4.78, 5) is 27.0. The van der Waals surface area contributed by atoms with Crippen molar-refractivity contribution >= 4 is 44.2 Å². The molecule has 0 bridgehead atoms. The van der Waals surface area contributed by atoms with Crippen LogP contribution in [0.5, 0.6) is 0 Å². The first kappa shape index (κ1) is 14.5. The van der Waals surface area contributed by atoms with Gasteiger partial charge in [-0.15, -0.1) is 0 Å². The quantitative estimate of drug-likeness (QED) is 0.908. The van der Waals surface area contributed by atoms with Crippen LogP contribution < -0.4 is 10.6 Å². The van der Waals surface area contributed by atoms with Gasteiger partial charge in [-0.05, 0) is 24.1 Å². The van der Waals surface area contributed by atoms with E-state index in [2.05, 4.69) is 15.6 Å². The fourth-order valence-corrected chi connectivity index (χ4v) is 2.68. The van der Waals surface area contributed by atoms with Crippen LogP contribution in [-0.4, -0.2) is 16.8 Å². The number of hydrogen-bond acceptors (Lipinski definition) is 4. The Hall–Kier alpha value is -1.95. The molecule has 0 fully saturated rings. The van der Waals surface area contributed by atoms with Gasteiger partial charge < -0.3 is 10.6 Å². The molecule has 2 amide bonds. The number of hydrogen-bond donors (Lipinski definition) is 2. The summed E-state index contributed by atoms with van der Waals surface area (Å²) in [5, 5.41) is 6.08. The number of anilines is 2. The molecule has 20 heavy (non-hydrogen) atoms. The number of thiazole rings is 1. The molecule has 106 valence electrons. The molecule has 1 aromatic carbocycles. The van der Waals surface area contributed by atoms with E-state index >= 15 is 0 Å². The molecule has 0 aliphatic carbocycles. The maximum atomic E-state index is 11.7. The molecule has 0 saturated heterocycles. The average Bonchev–Trinajstić information content (AvgIpc) is 2.67. The van der Waals surface area contributed by atoms with Crippen molar-refractivity contribution in [3.8, 4) is 0 Å². The van der Waals surface area contributed by atoms with Crippen LogP contribution in [0.3, 0.4) is 0 Å². The van der Waals surface area contributed by atoms with Gasteiger partial charge >= 0.3 is 0 Å². The Morgan fingerprint density at radius 3 is 2.70 bits per heavy atom. The van der Waals surface area contributed by atoms with E-state index in [1.165, 1.54) is 18.3 Å². The van der Waals surface area contributed by atoms with Crippen LogP contribution in [0, 0.1) is 5.92 Å². The van der Waals surface area contributed by atoms with Crippen LogP contribution in [-0.2, 0) is 9.59 Å². The molecule has 0 radical (unpaired) electrons. The van der Waals surface area contributed by atoms with Gasteiger partial charge in [-0.2, -0.15) is 0 Å². The zero-order chi connectivity index (χ0) is 14.7. The van der Waals surface area contributed by atoms with Crippen LogP contribution in [0.25, 0.3) is 10.2 Å². The number of rotatable bonds is 4. The molecule has 2 rings (SSSR count). The van der Waals surface area contributed by atoms with Gasteiger partial charge in [-0.3, -0.25) is 9.59 Å². The molecular weight excluding hydrogens is 274 g/mol. The summed E-state index contributed by atoms with van der Waals surface area (Å²) in [5.41, 5.74) is 1.49. The van der Waals surface area contributed by atoms with Crippen molar-refractivity contribution in [3.63, 3.8) is 0 Å². The third kappa shape index (κ3) is 3.77. The van der Waals surface area contributed by atoms with Gasteiger partial charge in [-0.1, -0.05) is 25.2 Å². The van der Waals surface area contributed by atoms with E-state index in [9.17, 15) is 9.59 Å². The molecular formula is C14H17N3O2S. The van der Waals surface area contributed by atoms with Crippen LogP contribution in [0.15, 0.2) is 18.2 Å². The minimum atomic E-state index is -0.144. The molecule has 1 aromatic heterocycles. The summed E-state index contributed by atoms with van der Waals surface area (Å²) in [6, 6.07) is 5.55. The summed E-state index contributed by atoms with van der Waals surface area (Å²) < 4.78 is 0.968. The summed E-state index contributed by atoms with van der Waals surface area (Å²) in [7, 11) is 0. The van der Waals surface area contributed by atoms with Crippen molar-refractivity contribution in [2.75, 3.05) is 10.6 Å². The van der Waals surface area contributed by atoms with Crippen LogP contribution in [0.2, 0.25) is 0 Å². The van der Waals surface area contributed by atoms with Crippen molar-refractivity contribution in [1.82, 2.24) is 4.98 Å². The summed E-state index contributed by atoms with van der Waals surface area (Å²) in [6.45, 7) is 5.45. The third-order valence-electron chi connectivity index (χ3n) is 2.55. The van der Waals surface area contributed by atoms with Crippen molar-refractivity contribution in [2.45, 2.75) is 27.2 Å². The molecule has 5 nitrogen and oxygen atoms in total. The van der Waals surface area contributed by atoms with Gasteiger partial charge in [0.25, 0.3) is 0 Å². The number of amides is 2. The van der Waals surface area contributed by atoms with Crippen molar-refractivity contribution in [1.29, 1.82) is 0 Å². The Morgan fingerprint density at radius 1 is 1.30 bits per heavy atom. The maximum Gasteiger partial charge on any atom is 0.224 e. The first-order chi connectivity index (χ1) is 9.44. The lowest BCUT2D eigenvalue weighted by atomic mass is 10.1. The molecule has 0 aliphatic heterocycles. The minimum absolute atomic E-state index is 0.00309. The highest BCUT2D eigenvalue weighted by molar-refractivity contribution is 7.22. The van der Waals surface area contributed by atoms with E-state index in [4.69, 9.17) is 0 Å². The smallest absolute Gasteiger partial charge is 0.224 e. The Bertz CT molecular complexity index is 649. The summed E-state index contributed by atoms with van der Waals surface area (Å²) in [6.07, 6.45) is 0.492. The highest BCUT2D eigenvalue weighted by Crippen LogP contribution is 2.28. The Balaban J connectivity index is 2.16. The number of fused-ring (bicyclic) bond motifs is 1. The van der Waals surface area contributed by atoms with Gasteiger partial charge in [0.05, 0.1) is 10.2 Å². The zero-order valence-electron chi connectivity index (χ0n) is 11.7. The van der Waals surface area contributed by atoms with Crippen LogP contribution in [0.1, 0.15) is 27.2 Å². The van der Waals surface area contributed by atoms with E-state index in [1.807, 2.05) is 32.0 Å². The molecule has 2 N–H and O–H groups in total. The molecule has 1 heterocycles. The highest BCUT2D eigenvalue weighted by atomic mass is 32.1. The van der Waals surface area contributed by atoms with Crippen molar-refractivity contribution < 1.29 is 9.59 Å². The second-order valence-corrected chi connectivity index (χ2v) is 6.06. The van der Waals surface area contributed by atoms with E-state index in [0.717, 1.165) is 15.9 Å². The monoisotopic (exact) mass is 291 g/mol. The molecule has 0 atom stereocenters. The number of benzene rings is 1. The number of nitrogens with zero attached hydrogens (tertiary/aromatic N) is 1. The number of aromatic nitrogens is 1. The van der Waals surface area contributed by atoms with E-state index in [1.54, 1.807) is 0 Å². The Kier molecular flexibility index (Phi) is 4.34.